The normalized spacial score (nSPS) is 16.6. The van der Waals surface area contributed by atoms with Gasteiger partial charge in [0.05, 0.1) is 5.02 Å². The standard InChI is InChI=1S/C12H10ClFO3/c1-6-4-8(13)7(5-9(6)14)10(15)12(2-3-12)11(16)17/h4-5H,2-3H2,1H3,(H,16,17). The molecule has 1 saturated carbocycles. The van der Waals surface area contributed by atoms with Gasteiger partial charge in [-0.15, -0.1) is 0 Å². The minimum atomic E-state index is -1.38. The van der Waals surface area contributed by atoms with Gasteiger partial charge in [-0.3, -0.25) is 9.59 Å². The molecule has 90 valence electrons. The summed E-state index contributed by atoms with van der Waals surface area (Å²) < 4.78 is 13.4. The molecule has 1 aliphatic carbocycles. The van der Waals surface area contributed by atoms with Crippen molar-refractivity contribution in [1.82, 2.24) is 0 Å². The molecule has 1 fully saturated rings. The Hall–Kier alpha value is -1.42. The summed E-state index contributed by atoms with van der Waals surface area (Å²) in [7, 11) is 0. The van der Waals surface area contributed by atoms with Crippen LogP contribution < -0.4 is 0 Å². The van der Waals surface area contributed by atoms with Crippen molar-refractivity contribution >= 4 is 23.4 Å². The predicted octanol–water partition coefficient (Wildman–Crippen LogP) is 2.84. The SMILES string of the molecule is Cc1cc(Cl)c(C(=O)C2(C(=O)O)CC2)cc1F. The summed E-state index contributed by atoms with van der Waals surface area (Å²) in [6.07, 6.45) is 0.569. The number of aliphatic carboxylic acids is 1. The number of hydrogen-bond donors (Lipinski definition) is 1. The molecule has 3 nitrogen and oxygen atoms in total. The molecule has 17 heavy (non-hydrogen) atoms. The molecule has 0 aromatic heterocycles. The van der Waals surface area contributed by atoms with Crippen LogP contribution in [0.1, 0.15) is 28.8 Å². The maximum absolute atomic E-state index is 13.4. The molecular formula is C12H10ClFO3. The third-order valence-corrected chi connectivity index (χ3v) is 3.40. The van der Waals surface area contributed by atoms with Crippen molar-refractivity contribution in [2.24, 2.45) is 5.41 Å². The van der Waals surface area contributed by atoms with Crippen molar-refractivity contribution in [3.63, 3.8) is 0 Å². The third-order valence-electron chi connectivity index (χ3n) is 3.09. The van der Waals surface area contributed by atoms with Gasteiger partial charge in [0.25, 0.3) is 0 Å². The monoisotopic (exact) mass is 256 g/mol. The van der Waals surface area contributed by atoms with Gasteiger partial charge in [-0.25, -0.2) is 4.39 Å². The molecule has 0 aliphatic heterocycles. The van der Waals surface area contributed by atoms with E-state index in [4.69, 9.17) is 16.7 Å². The Labute approximate surface area is 102 Å². The van der Waals surface area contributed by atoms with E-state index in [1.165, 1.54) is 13.0 Å². The molecule has 0 atom stereocenters. The van der Waals surface area contributed by atoms with Gasteiger partial charge in [0.1, 0.15) is 11.2 Å². The van der Waals surface area contributed by atoms with Crippen LogP contribution in [0.2, 0.25) is 5.02 Å². The zero-order chi connectivity index (χ0) is 12.8. The first-order valence-electron chi connectivity index (χ1n) is 5.12. The summed E-state index contributed by atoms with van der Waals surface area (Å²) in [6, 6.07) is 2.35. The van der Waals surface area contributed by atoms with Crippen molar-refractivity contribution in [3.8, 4) is 0 Å². The number of ketones is 1. The summed E-state index contributed by atoms with van der Waals surface area (Å²) in [6.45, 7) is 1.53. The second-order valence-corrected chi connectivity index (χ2v) is 4.70. The maximum Gasteiger partial charge on any atom is 0.317 e. The highest BCUT2D eigenvalue weighted by atomic mass is 35.5. The van der Waals surface area contributed by atoms with Crippen LogP contribution in [0.15, 0.2) is 12.1 Å². The average Bonchev–Trinajstić information content (AvgIpc) is 3.03. The molecule has 1 aromatic carbocycles. The van der Waals surface area contributed by atoms with Gasteiger partial charge in [-0.1, -0.05) is 11.6 Å². The molecule has 2 rings (SSSR count). The zero-order valence-electron chi connectivity index (χ0n) is 9.09. The Bertz CT molecular complexity index is 521. The molecule has 0 saturated heterocycles. The van der Waals surface area contributed by atoms with Crippen LogP contribution in [0, 0.1) is 18.2 Å². The lowest BCUT2D eigenvalue weighted by atomic mass is 9.94. The number of carboxylic acids is 1. The summed E-state index contributed by atoms with van der Waals surface area (Å²) in [4.78, 5) is 23.0. The highest BCUT2D eigenvalue weighted by molar-refractivity contribution is 6.35. The molecule has 1 N–H and O–H groups in total. The van der Waals surface area contributed by atoms with E-state index in [-0.39, 0.29) is 23.4 Å². The molecule has 5 heteroatoms. The number of carbonyl (C=O) groups excluding carboxylic acids is 1. The lowest BCUT2D eigenvalue weighted by molar-refractivity contribution is -0.141. The highest BCUT2D eigenvalue weighted by Crippen LogP contribution is 2.49. The topological polar surface area (TPSA) is 54.4 Å². The number of benzene rings is 1. The summed E-state index contributed by atoms with van der Waals surface area (Å²) >= 11 is 5.85. The first-order chi connectivity index (χ1) is 7.88. The smallest absolute Gasteiger partial charge is 0.317 e. The van der Waals surface area contributed by atoms with Crippen LogP contribution >= 0.6 is 11.6 Å². The summed E-state index contributed by atoms with van der Waals surface area (Å²) in [5, 5.41) is 9.09. The summed E-state index contributed by atoms with van der Waals surface area (Å²) in [5.41, 5.74) is -1.10. The van der Waals surface area contributed by atoms with Crippen LogP contribution in [0.5, 0.6) is 0 Å². The van der Waals surface area contributed by atoms with E-state index >= 15 is 0 Å². The Kier molecular flexibility index (Phi) is 2.70. The molecule has 1 aliphatic rings. The number of halogens is 2. The largest absolute Gasteiger partial charge is 0.480 e. The van der Waals surface area contributed by atoms with Crippen LogP contribution in [-0.4, -0.2) is 16.9 Å². The molecule has 0 heterocycles. The lowest BCUT2D eigenvalue weighted by Gasteiger charge is -2.11. The second kappa shape index (κ2) is 3.81. The third kappa shape index (κ3) is 1.82. The number of hydrogen-bond acceptors (Lipinski definition) is 2. The number of aryl methyl sites for hydroxylation is 1. The fourth-order valence-corrected chi connectivity index (χ4v) is 2.05. The molecule has 0 amide bonds. The molecule has 0 bridgehead atoms. The van der Waals surface area contributed by atoms with Gasteiger partial charge in [0, 0.05) is 5.56 Å². The molecule has 0 radical (unpaired) electrons. The molecule has 0 unspecified atom stereocenters. The Morgan fingerprint density at radius 3 is 2.47 bits per heavy atom. The van der Waals surface area contributed by atoms with Gasteiger partial charge >= 0.3 is 5.97 Å². The molecule has 0 spiro atoms. The van der Waals surface area contributed by atoms with Crippen molar-refractivity contribution in [2.45, 2.75) is 19.8 Å². The van der Waals surface area contributed by atoms with Crippen molar-refractivity contribution in [3.05, 3.63) is 34.1 Å². The van der Waals surface area contributed by atoms with E-state index in [9.17, 15) is 14.0 Å². The van der Waals surface area contributed by atoms with E-state index in [0.29, 0.717) is 5.56 Å². The van der Waals surface area contributed by atoms with Crippen molar-refractivity contribution in [2.75, 3.05) is 0 Å². The van der Waals surface area contributed by atoms with E-state index in [1.54, 1.807) is 0 Å². The van der Waals surface area contributed by atoms with E-state index in [0.717, 1.165) is 6.07 Å². The predicted molar refractivity (Wildman–Crippen MR) is 59.8 cm³/mol. The van der Waals surface area contributed by atoms with Gasteiger partial charge in [0.15, 0.2) is 5.78 Å². The zero-order valence-corrected chi connectivity index (χ0v) is 9.84. The van der Waals surface area contributed by atoms with Crippen LogP contribution in [0.25, 0.3) is 0 Å². The minimum absolute atomic E-state index is 0.0466. The van der Waals surface area contributed by atoms with Gasteiger partial charge in [-0.2, -0.15) is 0 Å². The number of Topliss-reactive ketones (excluding diaryl/α,β-unsaturated/α-hetero) is 1. The lowest BCUT2D eigenvalue weighted by Crippen LogP contribution is -2.26. The minimum Gasteiger partial charge on any atom is -0.480 e. The van der Waals surface area contributed by atoms with Gasteiger partial charge in [0.2, 0.25) is 0 Å². The van der Waals surface area contributed by atoms with Crippen LogP contribution in [0.3, 0.4) is 0 Å². The van der Waals surface area contributed by atoms with Gasteiger partial charge in [-0.05, 0) is 37.5 Å². The van der Waals surface area contributed by atoms with Crippen molar-refractivity contribution in [1.29, 1.82) is 0 Å². The van der Waals surface area contributed by atoms with Crippen LogP contribution in [-0.2, 0) is 4.79 Å². The fourth-order valence-electron chi connectivity index (χ4n) is 1.74. The fraction of sp³-hybridized carbons (Fsp3) is 0.333. The van der Waals surface area contributed by atoms with E-state index in [1.807, 2.05) is 0 Å². The Balaban J connectivity index is 2.45. The first-order valence-corrected chi connectivity index (χ1v) is 5.50. The Morgan fingerprint density at radius 2 is 2.00 bits per heavy atom. The maximum atomic E-state index is 13.4. The van der Waals surface area contributed by atoms with E-state index < -0.39 is 23.0 Å². The molecular weight excluding hydrogens is 247 g/mol. The highest BCUT2D eigenvalue weighted by Gasteiger charge is 2.57. The number of rotatable bonds is 3. The number of carbonyl (C=O) groups is 2. The van der Waals surface area contributed by atoms with Crippen LogP contribution in [0.4, 0.5) is 4.39 Å². The second-order valence-electron chi connectivity index (χ2n) is 4.30. The average molecular weight is 257 g/mol. The quantitative estimate of drug-likeness (QED) is 0.668. The Morgan fingerprint density at radius 1 is 1.41 bits per heavy atom. The van der Waals surface area contributed by atoms with Gasteiger partial charge < -0.3 is 5.11 Å². The van der Waals surface area contributed by atoms with Crippen molar-refractivity contribution < 1.29 is 19.1 Å². The van der Waals surface area contributed by atoms with E-state index in [2.05, 4.69) is 0 Å². The first kappa shape index (κ1) is 12.0. The molecule has 1 aromatic rings. The number of carboxylic acid groups (broad SMARTS) is 1. The summed E-state index contributed by atoms with van der Waals surface area (Å²) in [5.74, 6) is -2.33.